The van der Waals surface area contributed by atoms with Gasteiger partial charge in [0, 0.05) is 25.3 Å². The molecule has 0 aliphatic carbocycles. The molecular formula is C13H16N4O. The van der Waals surface area contributed by atoms with E-state index in [4.69, 9.17) is 5.11 Å². The maximum atomic E-state index is 8.87. The molecule has 0 unspecified atom stereocenters. The highest BCUT2D eigenvalue weighted by Crippen LogP contribution is 2.24. The topological polar surface area (TPSA) is 63.0 Å². The van der Waals surface area contributed by atoms with Gasteiger partial charge in [0.2, 0.25) is 0 Å². The quantitative estimate of drug-likeness (QED) is 0.850. The van der Waals surface area contributed by atoms with Gasteiger partial charge in [0.25, 0.3) is 0 Å². The molecule has 5 nitrogen and oxygen atoms in total. The molecule has 2 N–H and O–H groups in total. The molecule has 0 saturated carbocycles. The highest BCUT2D eigenvalue weighted by atomic mass is 16.3. The van der Waals surface area contributed by atoms with Crippen molar-refractivity contribution in [1.82, 2.24) is 15.0 Å². The fraction of sp³-hybridized carbons (Fsp3) is 0.385. The molecule has 3 rings (SSSR count). The van der Waals surface area contributed by atoms with E-state index in [1.54, 1.807) is 4.68 Å². The third-order valence-electron chi connectivity index (χ3n) is 3.21. The van der Waals surface area contributed by atoms with Crippen molar-refractivity contribution in [3.63, 3.8) is 0 Å². The van der Waals surface area contributed by atoms with Crippen molar-refractivity contribution in [2.45, 2.75) is 19.3 Å². The van der Waals surface area contributed by atoms with Gasteiger partial charge in [0.05, 0.1) is 17.6 Å². The van der Waals surface area contributed by atoms with Gasteiger partial charge < -0.3 is 10.4 Å². The first-order chi connectivity index (χ1) is 8.86. The molecule has 1 aliphatic rings. The standard InChI is InChI=1S/C13H16N4O/c18-7-5-11-9-17(16-15-11)12-4-3-10-2-1-6-14-13(10)8-12/h3-4,8-9,14,18H,1-2,5-7H2. The van der Waals surface area contributed by atoms with Crippen LogP contribution in [-0.4, -0.2) is 33.3 Å². The van der Waals surface area contributed by atoms with E-state index in [0.29, 0.717) is 6.42 Å². The Morgan fingerprint density at radius 2 is 2.33 bits per heavy atom. The monoisotopic (exact) mass is 244 g/mol. The second kappa shape index (κ2) is 4.78. The fourth-order valence-corrected chi connectivity index (χ4v) is 2.25. The number of fused-ring (bicyclic) bond motifs is 1. The van der Waals surface area contributed by atoms with Crippen LogP contribution in [0.15, 0.2) is 24.4 Å². The summed E-state index contributed by atoms with van der Waals surface area (Å²) in [6.45, 7) is 1.13. The average Bonchev–Trinajstić information content (AvgIpc) is 2.87. The minimum atomic E-state index is 0.102. The lowest BCUT2D eigenvalue weighted by Gasteiger charge is -2.18. The zero-order valence-electron chi connectivity index (χ0n) is 10.1. The Morgan fingerprint density at radius 3 is 3.22 bits per heavy atom. The SMILES string of the molecule is OCCc1cn(-c2ccc3c(c2)NCCC3)nn1. The second-order valence-electron chi connectivity index (χ2n) is 4.50. The second-order valence-corrected chi connectivity index (χ2v) is 4.50. The van der Waals surface area contributed by atoms with Crippen LogP contribution in [0.3, 0.4) is 0 Å². The van der Waals surface area contributed by atoms with E-state index in [0.717, 1.165) is 24.3 Å². The molecule has 1 aromatic heterocycles. The number of hydrogen-bond donors (Lipinski definition) is 2. The van der Waals surface area contributed by atoms with Crippen LogP contribution in [0.25, 0.3) is 5.69 Å². The van der Waals surface area contributed by atoms with Crippen molar-refractivity contribution in [3.05, 3.63) is 35.7 Å². The van der Waals surface area contributed by atoms with Crippen LogP contribution in [0, 0.1) is 0 Å². The highest BCUT2D eigenvalue weighted by molar-refractivity contribution is 5.58. The van der Waals surface area contributed by atoms with E-state index in [9.17, 15) is 0 Å². The van der Waals surface area contributed by atoms with E-state index < -0.39 is 0 Å². The highest BCUT2D eigenvalue weighted by Gasteiger charge is 2.10. The molecule has 0 fully saturated rings. The zero-order valence-corrected chi connectivity index (χ0v) is 10.1. The summed E-state index contributed by atoms with van der Waals surface area (Å²) in [5, 5.41) is 20.4. The average molecular weight is 244 g/mol. The number of anilines is 1. The Hall–Kier alpha value is -1.88. The van der Waals surface area contributed by atoms with Crippen LogP contribution in [-0.2, 0) is 12.8 Å². The van der Waals surface area contributed by atoms with Gasteiger partial charge in [-0.2, -0.15) is 0 Å². The Kier molecular flexibility index (Phi) is 2.98. The van der Waals surface area contributed by atoms with Gasteiger partial charge in [-0.15, -0.1) is 5.10 Å². The minimum absolute atomic E-state index is 0.102. The molecule has 0 spiro atoms. The van der Waals surface area contributed by atoms with Crippen molar-refractivity contribution in [3.8, 4) is 5.69 Å². The number of aryl methyl sites for hydroxylation is 1. The molecular weight excluding hydrogens is 228 g/mol. The zero-order chi connectivity index (χ0) is 12.4. The summed E-state index contributed by atoms with van der Waals surface area (Å²) in [4.78, 5) is 0. The lowest BCUT2D eigenvalue weighted by Crippen LogP contribution is -2.12. The first-order valence-corrected chi connectivity index (χ1v) is 6.26. The van der Waals surface area contributed by atoms with Gasteiger partial charge in [0.15, 0.2) is 0 Å². The molecule has 0 amide bonds. The van der Waals surface area contributed by atoms with Gasteiger partial charge in [0.1, 0.15) is 0 Å². The van der Waals surface area contributed by atoms with Gasteiger partial charge in [-0.1, -0.05) is 11.3 Å². The summed E-state index contributed by atoms with van der Waals surface area (Å²) in [5.41, 5.74) is 4.36. The number of benzene rings is 1. The minimum Gasteiger partial charge on any atom is -0.396 e. The Bertz CT molecular complexity index is 550. The summed E-state index contributed by atoms with van der Waals surface area (Å²) in [7, 11) is 0. The van der Waals surface area contributed by atoms with E-state index in [2.05, 4.69) is 33.8 Å². The predicted octanol–water partition coefficient (Wildman–Crippen LogP) is 1.16. The Labute approximate surface area is 105 Å². The Morgan fingerprint density at radius 1 is 1.39 bits per heavy atom. The van der Waals surface area contributed by atoms with E-state index >= 15 is 0 Å². The first kappa shape index (κ1) is 11.2. The molecule has 1 aliphatic heterocycles. The molecule has 0 atom stereocenters. The van der Waals surface area contributed by atoms with Crippen LogP contribution in [0.5, 0.6) is 0 Å². The lowest BCUT2D eigenvalue weighted by atomic mass is 10.0. The summed E-state index contributed by atoms with van der Waals surface area (Å²) in [6.07, 6.45) is 4.73. The number of rotatable bonds is 3. The maximum Gasteiger partial charge on any atom is 0.0854 e. The molecule has 5 heteroatoms. The number of aliphatic hydroxyl groups is 1. The van der Waals surface area contributed by atoms with E-state index in [-0.39, 0.29) is 6.61 Å². The predicted molar refractivity (Wildman–Crippen MR) is 69.0 cm³/mol. The van der Waals surface area contributed by atoms with Gasteiger partial charge in [-0.25, -0.2) is 4.68 Å². The normalized spacial score (nSPS) is 14.1. The van der Waals surface area contributed by atoms with Crippen molar-refractivity contribution in [2.75, 3.05) is 18.5 Å². The number of nitrogens with zero attached hydrogens (tertiary/aromatic N) is 3. The van der Waals surface area contributed by atoms with Gasteiger partial charge in [-0.05, 0) is 30.5 Å². The summed E-state index contributed by atoms with van der Waals surface area (Å²) in [5.74, 6) is 0. The van der Waals surface area contributed by atoms with E-state index in [1.165, 1.54) is 17.7 Å². The van der Waals surface area contributed by atoms with Crippen LogP contribution in [0.4, 0.5) is 5.69 Å². The number of aromatic nitrogens is 3. The van der Waals surface area contributed by atoms with Crippen LogP contribution < -0.4 is 5.32 Å². The fourth-order valence-electron chi connectivity index (χ4n) is 2.25. The third-order valence-corrected chi connectivity index (χ3v) is 3.21. The van der Waals surface area contributed by atoms with Crippen molar-refractivity contribution in [2.24, 2.45) is 0 Å². The number of nitrogens with one attached hydrogen (secondary N) is 1. The van der Waals surface area contributed by atoms with Crippen molar-refractivity contribution in [1.29, 1.82) is 0 Å². The first-order valence-electron chi connectivity index (χ1n) is 6.26. The number of hydrogen-bond acceptors (Lipinski definition) is 4. The molecule has 0 saturated heterocycles. The van der Waals surface area contributed by atoms with Crippen LogP contribution in [0.2, 0.25) is 0 Å². The van der Waals surface area contributed by atoms with Crippen LogP contribution >= 0.6 is 0 Å². The van der Waals surface area contributed by atoms with Gasteiger partial charge in [-0.3, -0.25) is 0 Å². The van der Waals surface area contributed by atoms with Crippen molar-refractivity contribution >= 4 is 5.69 Å². The third kappa shape index (κ3) is 2.09. The van der Waals surface area contributed by atoms with Gasteiger partial charge >= 0.3 is 0 Å². The molecule has 18 heavy (non-hydrogen) atoms. The number of aliphatic hydroxyl groups excluding tert-OH is 1. The molecule has 1 aromatic carbocycles. The molecule has 0 radical (unpaired) electrons. The lowest BCUT2D eigenvalue weighted by molar-refractivity contribution is 0.298. The summed E-state index contributed by atoms with van der Waals surface area (Å²) >= 11 is 0. The van der Waals surface area contributed by atoms with Crippen LogP contribution in [0.1, 0.15) is 17.7 Å². The smallest absolute Gasteiger partial charge is 0.0854 e. The molecule has 2 heterocycles. The maximum absolute atomic E-state index is 8.87. The molecule has 94 valence electrons. The molecule has 2 aromatic rings. The largest absolute Gasteiger partial charge is 0.396 e. The Balaban J connectivity index is 1.91. The van der Waals surface area contributed by atoms with E-state index in [1.807, 2.05) is 6.20 Å². The van der Waals surface area contributed by atoms with Crippen molar-refractivity contribution < 1.29 is 5.11 Å². The summed E-state index contributed by atoms with van der Waals surface area (Å²) < 4.78 is 1.75. The molecule has 0 bridgehead atoms. The summed E-state index contributed by atoms with van der Waals surface area (Å²) in [6, 6.07) is 6.30.